The maximum Gasteiger partial charge on any atom is 0.231 e. The molecule has 0 spiro atoms. The van der Waals surface area contributed by atoms with Crippen molar-refractivity contribution >= 4 is 5.91 Å². The van der Waals surface area contributed by atoms with E-state index in [4.69, 9.17) is 9.47 Å². The van der Waals surface area contributed by atoms with Gasteiger partial charge in [-0.1, -0.05) is 0 Å². The minimum absolute atomic E-state index is 0.0248. The summed E-state index contributed by atoms with van der Waals surface area (Å²) in [6.45, 7) is 3.21. The number of hydrogen-bond donors (Lipinski definition) is 2. The number of hydrogen-bond acceptors (Lipinski definition) is 6. The number of aromatic hydroxyl groups is 1. The molecule has 2 aliphatic heterocycles. The van der Waals surface area contributed by atoms with Crippen LogP contribution in [0.25, 0.3) is 0 Å². The summed E-state index contributed by atoms with van der Waals surface area (Å²) < 4.78 is 10.8. The summed E-state index contributed by atoms with van der Waals surface area (Å²) in [6.07, 6.45) is 4.36. The topological polar surface area (TPSA) is 83.9 Å². The van der Waals surface area contributed by atoms with Crippen LogP contribution in [-0.2, 0) is 4.79 Å². The lowest BCUT2D eigenvalue weighted by Gasteiger charge is -2.29. The molecule has 2 atom stereocenters. The van der Waals surface area contributed by atoms with Gasteiger partial charge in [0.2, 0.25) is 12.7 Å². The molecule has 136 valence electrons. The van der Waals surface area contributed by atoms with Gasteiger partial charge in [-0.3, -0.25) is 14.7 Å². The summed E-state index contributed by atoms with van der Waals surface area (Å²) in [6, 6.07) is 7.28. The first kappa shape index (κ1) is 16.7. The summed E-state index contributed by atoms with van der Waals surface area (Å²) in [5.74, 6) is 1.33. The van der Waals surface area contributed by atoms with Crippen molar-refractivity contribution in [3.63, 3.8) is 0 Å². The summed E-state index contributed by atoms with van der Waals surface area (Å²) in [5, 5.41) is 13.6. The maximum atomic E-state index is 11.4. The molecule has 26 heavy (non-hydrogen) atoms. The van der Waals surface area contributed by atoms with Crippen LogP contribution < -0.4 is 14.8 Å². The van der Waals surface area contributed by atoms with Crippen molar-refractivity contribution in [2.75, 3.05) is 19.9 Å². The van der Waals surface area contributed by atoms with E-state index in [-0.39, 0.29) is 30.5 Å². The standard InChI is InChI=1S/C19H21N3O4/c1-12(23)21-14-4-7-22(10-14)19(13-2-5-20-6-3-13)15-8-17-18(9-16(15)24)26-11-25-17/h2-3,5-6,8-9,14,19,24H,4,7,10-11H2,1H3,(H,21,23)/t14-,19?/m1/s1. The number of phenols is 1. The Hall–Kier alpha value is -2.80. The van der Waals surface area contributed by atoms with Gasteiger partial charge < -0.3 is 19.9 Å². The Morgan fingerprint density at radius 1 is 1.31 bits per heavy atom. The summed E-state index contributed by atoms with van der Waals surface area (Å²) in [7, 11) is 0. The Kier molecular flexibility index (Phi) is 4.38. The van der Waals surface area contributed by atoms with Crippen LogP contribution in [0.2, 0.25) is 0 Å². The lowest BCUT2D eigenvalue weighted by Crippen LogP contribution is -2.36. The number of carbonyl (C=O) groups excluding carboxylic acids is 1. The zero-order valence-corrected chi connectivity index (χ0v) is 14.5. The molecule has 2 aromatic rings. The monoisotopic (exact) mass is 355 g/mol. The van der Waals surface area contributed by atoms with Crippen molar-refractivity contribution in [2.45, 2.75) is 25.4 Å². The second-order valence-electron chi connectivity index (χ2n) is 6.63. The highest BCUT2D eigenvalue weighted by molar-refractivity contribution is 5.73. The third-order valence-corrected chi connectivity index (χ3v) is 4.83. The average molecular weight is 355 g/mol. The molecule has 1 fully saturated rings. The van der Waals surface area contributed by atoms with Crippen molar-refractivity contribution in [3.8, 4) is 17.2 Å². The van der Waals surface area contributed by atoms with E-state index in [1.54, 1.807) is 18.5 Å². The molecule has 1 saturated heterocycles. The summed E-state index contributed by atoms with van der Waals surface area (Å²) in [5.41, 5.74) is 1.78. The number of rotatable bonds is 4. The van der Waals surface area contributed by atoms with Crippen molar-refractivity contribution in [2.24, 2.45) is 0 Å². The van der Waals surface area contributed by atoms with E-state index in [1.807, 2.05) is 18.2 Å². The molecule has 1 unspecified atom stereocenters. The highest BCUT2D eigenvalue weighted by Crippen LogP contribution is 2.43. The van der Waals surface area contributed by atoms with Crippen LogP contribution in [0.3, 0.4) is 0 Å². The van der Waals surface area contributed by atoms with Gasteiger partial charge in [-0.05, 0) is 30.2 Å². The van der Waals surface area contributed by atoms with Gasteiger partial charge in [-0.15, -0.1) is 0 Å². The van der Waals surface area contributed by atoms with Crippen molar-refractivity contribution < 1.29 is 19.4 Å². The molecule has 3 heterocycles. The second kappa shape index (κ2) is 6.84. The highest BCUT2D eigenvalue weighted by Gasteiger charge is 2.33. The number of fused-ring (bicyclic) bond motifs is 1. The van der Waals surface area contributed by atoms with Crippen molar-refractivity contribution in [1.29, 1.82) is 0 Å². The zero-order chi connectivity index (χ0) is 18.1. The van der Waals surface area contributed by atoms with Crippen molar-refractivity contribution in [1.82, 2.24) is 15.2 Å². The number of likely N-dealkylation sites (tertiary alicyclic amines) is 1. The number of aromatic nitrogens is 1. The van der Waals surface area contributed by atoms with Gasteiger partial charge >= 0.3 is 0 Å². The predicted molar refractivity (Wildman–Crippen MR) is 94.1 cm³/mol. The maximum absolute atomic E-state index is 11.4. The van der Waals surface area contributed by atoms with Gasteiger partial charge in [0.05, 0.1) is 6.04 Å². The molecule has 0 radical (unpaired) electrons. The van der Waals surface area contributed by atoms with Crippen LogP contribution in [0.15, 0.2) is 36.7 Å². The Morgan fingerprint density at radius 3 is 2.77 bits per heavy atom. The number of nitrogens with one attached hydrogen (secondary N) is 1. The molecular weight excluding hydrogens is 334 g/mol. The van der Waals surface area contributed by atoms with E-state index in [0.717, 1.165) is 24.1 Å². The highest BCUT2D eigenvalue weighted by atomic mass is 16.7. The SMILES string of the molecule is CC(=O)N[C@@H]1CCN(C(c2ccncc2)c2cc3c(cc2O)OCO3)C1. The number of nitrogens with zero attached hydrogens (tertiary/aromatic N) is 2. The number of pyridine rings is 1. The quantitative estimate of drug-likeness (QED) is 0.870. The third kappa shape index (κ3) is 3.17. The number of phenolic OH excluding ortho intramolecular Hbond substituents is 1. The molecule has 0 bridgehead atoms. The fourth-order valence-electron chi connectivity index (χ4n) is 3.73. The molecule has 0 aliphatic carbocycles. The minimum Gasteiger partial charge on any atom is -0.507 e. The molecular formula is C19H21N3O4. The lowest BCUT2D eigenvalue weighted by molar-refractivity contribution is -0.119. The Morgan fingerprint density at radius 2 is 2.04 bits per heavy atom. The summed E-state index contributed by atoms with van der Waals surface area (Å²) in [4.78, 5) is 17.7. The number of benzene rings is 1. The van der Waals surface area contributed by atoms with E-state index < -0.39 is 0 Å². The normalized spacial score (nSPS) is 20.1. The van der Waals surface area contributed by atoms with E-state index in [1.165, 1.54) is 6.92 Å². The Labute approximate surface area is 151 Å². The number of amides is 1. The van der Waals surface area contributed by atoms with Crippen LogP contribution in [0.1, 0.15) is 30.5 Å². The lowest BCUT2D eigenvalue weighted by atomic mass is 9.96. The Bertz CT molecular complexity index is 812. The van der Waals surface area contributed by atoms with E-state index in [2.05, 4.69) is 15.2 Å². The van der Waals surface area contributed by atoms with Gasteiger partial charge in [0.1, 0.15) is 5.75 Å². The fraction of sp³-hybridized carbons (Fsp3) is 0.368. The van der Waals surface area contributed by atoms with Gasteiger partial charge in [0.15, 0.2) is 11.5 Å². The average Bonchev–Trinajstić information content (AvgIpc) is 3.25. The van der Waals surface area contributed by atoms with Crippen molar-refractivity contribution in [3.05, 3.63) is 47.8 Å². The molecule has 2 aliphatic rings. The third-order valence-electron chi connectivity index (χ3n) is 4.83. The van der Waals surface area contributed by atoms with Crippen LogP contribution in [0, 0.1) is 0 Å². The summed E-state index contributed by atoms with van der Waals surface area (Å²) >= 11 is 0. The number of carbonyl (C=O) groups is 1. The van der Waals surface area contributed by atoms with Gasteiger partial charge in [0, 0.05) is 50.1 Å². The zero-order valence-electron chi connectivity index (χ0n) is 14.5. The van der Waals surface area contributed by atoms with Crippen LogP contribution >= 0.6 is 0 Å². The first-order chi connectivity index (χ1) is 12.6. The fourth-order valence-corrected chi connectivity index (χ4v) is 3.73. The minimum atomic E-state index is -0.161. The van der Waals surface area contributed by atoms with Crippen LogP contribution in [0.4, 0.5) is 0 Å². The molecule has 1 aromatic carbocycles. The van der Waals surface area contributed by atoms with Crippen LogP contribution in [-0.4, -0.2) is 46.8 Å². The second-order valence-corrected chi connectivity index (χ2v) is 6.63. The molecule has 0 saturated carbocycles. The molecule has 2 N–H and O–H groups in total. The molecule has 7 heteroatoms. The molecule has 7 nitrogen and oxygen atoms in total. The molecule has 1 aromatic heterocycles. The Balaban J connectivity index is 1.70. The van der Waals surface area contributed by atoms with Gasteiger partial charge in [-0.25, -0.2) is 0 Å². The largest absolute Gasteiger partial charge is 0.507 e. The number of ether oxygens (including phenoxy) is 2. The van der Waals surface area contributed by atoms with Crippen LogP contribution in [0.5, 0.6) is 17.2 Å². The smallest absolute Gasteiger partial charge is 0.231 e. The first-order valence-electron chi connectivity index (χ1n) is 8.65. The van der Waals surface area contributed by atoms with E-state index >= 15 is 0 Å². The van der Waals surface area contributed by atoms with Gasteiger partial charge in [-0.2, -0.15) is 0 Å². The molecule has 4 rings (SSSR count). The predicted octanol–water partition coefficient (Wildman–Crippen LogP) is 1.82. The van der Waals surface area contributed by atoms with E-state index in [0.29, 0.717) is 18.0 Å². The van der Waals surface area contributed by atoms with E-state index in [9.17, 15) is 9.90 Å². The van der Waals surface area contributed by atoms with Gasteiger partial charge in [0.25, 0.3) is 0 Å². The first-order valence-corrected chi connectivity index (χ1v) is 8.65. The molecule has 1 amide bonds.